The SMILES string of the molecule is O[C@@]12CCCC[C@@H]1CCCC2Nc1ccc2c(c1)OCO2. The van der Waals surface area contributed by atoms with Gasteiger partial charge in [-0.1, -0.05) is 19.3 Å². The molecular formula is C17H23NO3. The molecule has 0 aromatic heterocycles. The molecule has 3 atom stereocenters. The minimum absolute atomic E-state index is 0.150. The molecule has 4 nitrogen and oxygen atoms in total. The summed E-state index contributed by atoms with van der Waals surface area (Å²) in [5.41, 5.74) is 0.483. The van der Waals surface area contributed by atoms with Crippen molar-refractivity contribution in [3.05, 3.63) is 18.2 Å². The maximum absolute atomic E-state index is 11.2. The average Bonchev–Trinajstić information content (AvgIpc) is 2.95. The molecule has 4 heteroatoms. The van der Waals surface area contributed by atoms with Crippen molar-refractivity contribution in [3.8, 4) is 11.5 Å². The lowest BCUT2D eigenvalue weighted by Crippen LogP contribution is -2.56. The topological polar surface area (TPSA) is 50.7 Å². The molecule has 114 valence electrons. The highest BCUT2D eigenvalue weighted by Gasteiger charge is 2.47. The van der Waals surface area contributed by atoms with Crippen LogP contribution in [0.2, 0.25) is 0 Å². The van der Waals surface area contributed by atoms with Crippen molar-refractivity contribution in [2.75, 3.05) is 12.1 Å². The van der Waals surface area contributed by atoms with Gasteiger partial charge in [0, 0.05) is 11.8 Å². The van der Waals surface area contributed by atoms with Gasteiger partial charge in [-0.2, -0.15) is 0 Å². The Kier molecular flexibility index (Phi) is 3.21. The summed E-state index contributed by atoms with van der Waals surface area (Å²) in [6, 6.07) is 6.09. The van der Waals surface area contributed by atoms with Crippen molar-refractivity contribution in [1.82, 2.24) is 0 Å². The largest absolute Gasteiger partial charge is 0.454 e. The Morgan fingerprint density at radius 3 is 2.86 bits per heavy atom. The van der Waals surface area contributed by atoms with Gasteiger partial charge < -0.3 is 19.9 Å². The molecule has 1 aliphatic heterocycles. The van der Waals surface area contributed by atoms with E-state index in [2.05, 4.69) is 5.32 Å². The highest BCUT2D eigenvalue weighted by atomic mass is 16.7. The van der Waals surface area contributed by atoms with Gasteiger partial charge in [-0.05, 0) is 43.7 Å². The first-order valence-corrected chi connectivity index (χ1v) is 8.14. The van der Waals surface area contributed by atoms with E-state index in [0.29, 0.717) is 12.7 Å². The molecule has 0 spiro atoms. The van der Waals surface area contributed by atoms with E-state index < -0.39 is 5.60 Å². The molecule has 1 unspecified atom stereocenters. The second-order valence-electron chi connectivity index (χ2n) is 6.63. The van der Waals surface area contributed by atoms with Crippen LogP contribution in [-0.2, 0) is 0 Å². The number of anilines is 1. The number of nitrogens with one attached hydrogen (secondary N) is 1. The quantitative estimate of drug-likeness (QED) is 0.877. The summed E-state index contributed by atoms with van der Waals surface area (Å²) in [7, 11) is 0. The Morgan fingerprint density at radius 1 is 1.05 bits per heavy atom. The molecule has 0 radical (unpaired) electrons. The number of hydrogen-bond acceptors (Lipinski definition) is 4. The molecule has 2 saturated carbocycles. The molecule has 0 saturated heterocycles. The normalized spacial score (nSPS) is 34.3. The van der Waals surface area contributed by atoms with Crippen molar-refractivity contribution in [2.45, 2.75) is 56.6 Å². The minimum Gasteiger partial charge on any atom is -0.454 e. The summed E-state index contributed by atoms with van der Waals surface area (Å²) in [5, 5.41) is 14.8. The van der Waals surface area contributed by atoms with Crippen LogP contribution in [0.15, 0.2) is 18.2 Å². The smallest absolute Gasteiger partial charge is 0.231 e. The van der Waals surface area contributed by atoms with Gasteiger partial charge in [-0.3, -0.25) is 0 Å². The summed E-state index contributed by atoms with van der Waals surface area (Å²) in [6.45, 7) is 0.300. The molecule has 1 aromatic rings. The minimum atomic E-state index is -0.535. The van der Waals surface area contributed by atoms with Crippen LogP contribution in [0.3, 0.4) is 0 Å². The molecule has 2 fully saturated rings. The Labute approximate surface area is 125 Å². The van der Waals surface area contributed by atoms with Crippen LogP contribution in [0.1, 0.15) is 44.9 Å². The lowest BCUT2D eigenvalue weighted by molar-refractivity contribution is -0.0835. The van der Waals surface area contributed by atoms with Crippen molar-refractivity contribution in [2.24, 2.45) is 5.92 Å². The predicted octanol–water partition coefficient (Wildman–Crippen LogP) is 3.30. The van der Waals surface area contributed by atoms with Crippen LogP contribution >= 0.6 is 0 Å². The van der Waals surface area contributed by atoms with Crippen molar-refractivity contribution < 1.29 is 14.6 Å². The lowest BCUT2D eigenvalue weighted by atomic mass is 9.65. The number of aliphatic hydroxyl groups is 1. The van der Waals surface area contributed by atoms with Gasteiger partial charge in [0.2, 0.25) is 6.79 Å². The average molecular weight is 289 g/mol. The van der Waals surface area contributed by atoms with E-state index in [1.807, 2.05) is 18.2 Å². The van der Waals surface area contributed by atoms with Crippen molar-refractivity contribution in [1.29, 1.82) is 0 Å². The maximum atomic E-state index is 11.2. The van der Waals surface area contributed by atoms with Gasteiger partial charge in [0.1, 0.15) is 0 Å². The third kappa shape index (κ3) is 2.26. The van der Waals surface area contributed by atoms with Crippen LogP contribution in [-0.4, -0.2) is 23.5 Å². The van der Waals surface area contributed by atoms with Gasteiger partial charge in [-0.25, -0.2) is 0 Å². The van der Waals surface area contributed by atoms with E-state index in [-0.39, 0.29) is 6.04 Å². The third-order valence-corrected chi connectivity index (χ3v) is 5.45. The Balaban J connectivity index is 1.55. The number of fused-ring (bicyclic) bond motifs is 2. The maximum Gasteiger partial charge on any atom is 0.231 e. The van der Waals surface area contributed by atoms with E-state index in [1.54, 1.807) is 0 Å². The fraction of sp³-hybridized carbons (Fsp3) is 0.647. The summed E-state index contributed by atoms with van der Waals surface area (Å²) >= 11 is 0. The van der Waals surface area contributed by atoms with Crippen LogP contribution in [0, 0.1) is 5.92 Å². The van der Waals surface area contributed by atoms with Gasteiger partial charge in [0.25, 0.3) is 0 Å². The predicted molar refractivity (Wildman–Crippen MR) is 80.7 cm³/mol. The van der Waals surface area contributed by atoms with Gasteiger partial charge in [0.15, 0.2) is 11.5 Å². The fourth-order valence-corrected chi connectivity index (χ4v) is 4.31. The van der Waals surface area contributed by atoms with E-state index in [9.17, 15) is 5.11 Å². The highest BCUT2D eigenvalue weighted by Crippen LogP contribution is 2.45. The zero-order chi connectivity index (χ0) is 14.3. The fourth-order valence-electron chi connectivity index (χ4n) is 4.31. The molecule has 2 aliphatic carbocycles. The molecule has 2 N–H and O–H groups in total. The molecule has 0 amide bonds. The number of rotatable bonds is 2. The molecule has 1 aromatic carbocycles. The molecule has 3 aliphatic rings. The van der Waals surface area contributed by atoms with Crippen molar-refractivity contribution >= 4 is 5.69 Å². The van der Waals surface area contributed by atoms with E-state index in [4.69, 9.17) is 9.47 Å². The lowest BCUT2D eigenvalue weighted by Gasteiger charge is -2.49. The first-order valence-electron chi connectivity index (χ1n) is 8.14. The van der Waals surface area contributed by atoms with Crippen LogP contribution in [0.5, 0.6) is 11.5 Å². The number of benzene rings is 1. The van der Waals surface area contributed by atoms with Crippen molar-refractivity contribution in [3.63, 3.8) is 0 Å². The first kappa shape index (κ1) is 13.3. The summed E-state index contributed by atoms with van der Waals surface area (Å²) in [6.07, 6.45) is 7.94. The first-order chi connectivity index (χ1) is 10.3. The summed E-state index contributed by atoms with van der Waals surface area (Å²) in [5.74, 6) is 2.06. The summed E-state index contributed by atoms with van der Waals surface area (Å²) < 4.78 is 10.8. The number of hydrogen-bond donors (Lipinski definition) is 2. The van der Waals surface area contributed by atoms with Crippen LogP contribution in [0.4, 0.5) is 5.69 Å². The molecular weight excluding hydrogens is 266 g/mol. The second kappa shape index (κ2) is 5.09. The van der Waals surface area contributed by atoms with Gasteiger partial charge in [0.05, 0.1) is 11.6 Å². The third-order valence-electron chi connectivity index (χ3n) is 5.45. The van der Waals surface area contributed by atoms with Crippen LogP contribution in [0.25, 0.3) is 0 Å². The Hall–Kier alpha value is -1.42. The summed E-state index contributed by atoms with van der Waals surface area (Å²) in [4.78, 5) is 0. The monoisotopic (exact) mass is 289 g/mol. The zero-order valence-corrected chi connectivity index (χ0v) is 12.3. The molecule has 4 rings (SSSR count). The van der Waals surface area contributed by atoms with Gasteiger partial charge >= 0.3 is 0 Å². The van der Waals surface area contributed by atoms with E-state index >= 15 is 0 Å². The Bertz CT molecular complexity index is 531. The van der Waals surface area contributed by atoms with Crippen LogP contribution < -0.4 is 14.8 Å². The van der Waals surface area contributed by atoms with E-state index in [0.717, 1.165) is 36.4 Å². The Morgan fingerprint density at radius 2 is 1.90 bits per heavy atom. The highest BCUT2D eigenvalue weighted by molar-refractivity contribution is 5.56. The van der Waals surface area contributed by atoms with E-state index in [1.165, 1.54) is 25.7 Å². The second-order valence-corrected chi connectivity index (χ2v) is 6.63. The molecule has 0 bridgehead atoms. The zero-order valence-electron chi connectivity index (χ0n) is 12.3. The standard InChI is InChI=1S/C17H23NO3/c19-17-9-2-1-4-12(17)5-3-6-16(17)18-13-7-8-14-15(10-13)21-11-20-14/h7-8,10,12,16,18-19H,1-6,9,11H2/t12-,16?,17+/m1/s1. The van der Waals surface area contributed by atoms with Gasteiger partial charge in [-0.15, -0.1) is 0 Å². The molecule has 1 heterocycles. The number of ether oxygens (including phenoxy) is 2. The molecule has 21 heavy (non-hydrogen) atoms.